The van der Waals surface area contributed by atoms with Crippen LogP contribution in [0.2, 0.25) is 0 Å². The zero-order chi connectivity index (χ0) is 19.1. The van der Waals surface area contributed by atoms with Crippen LogP contribution in [0.4, 0.5) is 10.6 Å². The second-order valence-corrected chi connectivity index (χ2v) is 7.59. The third-order valence-corrected chi connectivity index (χ3v) is 5.75. The summed E-state index contributed by atoms with van der Waals surface area (Å²) in [6.07, 6.45) is 0.257. The van der Waals surface area contributed by atoms with Gasteiger partial charge in [-0.05, 0) is 17.7 Å². The number of anilines is 1. The number of rotatable bonds is 3. The Morgan fingerprint density at radius 1 is 1.18 bits per heavy atom. The lowest BCUT2D eigenvalue weighted by Gasteiger charge is -2.43. The number of amides is 3. The van der Waals surface area contributed by atoms with Crippen LogP contribution in [0.1, 0.15) is 12.0 Å². The van der Waals surface area contributed by atoms with Crippen LogP contribution in [0.25, 0.3) is 11.0 Å². The first kappa shape index (κ1) is 17.6. The molecule has 0 unspecified atom stereocenters. The summed E-state index contributed by atoms with van der Waals surface area (Å²) in [5.41, 5.74) is 1.78. The van der Waals surface area contributed by atoms with Crippen molar-refractivity contribution in [3.05, 3.63) is 23.8 Å². The van der Waals surface area contributed by atoms with Gasteiger partial charge in [-0.25, -0.2) is 4.79 Å². The van der Waals surface area contributed by atoms with Gasteiger partial charge in [0.1, 0.15) is 0 Å². The molecule has 148 valence electrons. The highest BCUT2D eigenvalue weighted by Gasteiger charge is 2.30. The highest BCUT2D eigenvalue weighted by Crippen LogP contribution is 2.29. The molecule has 5 rings (SSSR count). The van der Waals surface area contributed by atoms with Crippen molar-refractivity contribution >= 4 is 28.7 Å². The fourth-order valence-corrected chi connectivity index (χ4v) is 4.25. The summed E-state index contributed by atoms with van der Waals surface area (Å²) in [6.45, 7) is 6.88. The van der Waals surface area contributed by atoms with Gasteiger partial charge in [0, 0.05) is 51.7 Å². The molecule has 28 heavy (non-hydrogen) atoms. The van der Waals surface area contributed by atoms with Crippen LogP contribution in [0.3, 0.4) is 0 Å². The average molecular weight is 385 g/mol. The predicted molar refractivity (Wildman–Crippen MR) is 101 cm³/mol. The van der Waals surface area contributed by atoms with Crippen molar-refractivity contribution in [3.8, 4) is 0 Å². The third kappa shape index (κ3) is 3.25. The molecule has 1 aromatic carbocycles. The van der Waals surface area contributed by atoms with Gasteiger partial charge in [-0.3, -0.25) is 24.8 Å². The van der Waals surface area contributed by atoms with E-state index in [0.29, 0.717) is 24.0 Å². The molecular formula is C19H23N5O4. The standard InChI is InChI=1S/C19H23N5O4/c25-17-3-4-24(19(26)20-17)18-15-9-13(1-2-16(15)28-21-18)10-22-5-6-23-7-8-27-12-14(23)11-22/h1-2,9,14H,3-8,10-12H2,(H,20,25,26)/t14-/m0/s1. The highest BCUT2D eigenvalue weighted by molar-refractivity contribution is 6.08. The second-order valence-electron chi connectivity index (χ2n) is 7.59. The number of nitrogens with zero attached hydrogens (tertiary/aromatic N) is 4. The number of ether oxygens (including phenoxy) is 1. The van der Waals surface area contributed by atoms with E-state index in [4.69, 9.17) is 9.26 Å². The maximum absolute atomic E-state index is 12.2. The Morgan fingerprint density at radius 2 is 2.11 bits per heavy atom. The number of carbonyl (C=O) groups is 2. The number of hydrogen-bond acceptors (Lipinski definition) is 7. The Hall–Kier alpha value is -2.49. The molecule has 0 saturated carbocycles. The first-order valence-corrected chi connectivity index (χ1v) is 9.71. The van der Waals surface area contributed by atoms with E-state index in [1.165, 1.54) is 4.90 Å². The first-order chi connectivity index (χ1) is 13.7. The van der Waals surface area contributed by atoms with E-state index < -0.39 is 6.03 Å². The number of urea groups is 1. The van der Waals surface area contributed by atoms with Gasteiger partial charge >= 0.3 is 6.03 Å². The molecule has 4 heterocycles. The lowest BCUT2D eigenvalue weighted by Crippen LogP contribution is -2.57. The van der Waals surface area contributed by atoms with Crippen LogP contribution < -0.4 is 10.2 Å². The van der Waals surface area contributed by atoms with Crippen molar-refractivity contribution < 1.29 is 18.8 Å². The summed E-state index contributed by atoms with van der Waals surface area (Å²) in [4.78, 5) is 30.0. The number of morpholine rings is 1. The summed E-state index contributed by atoms with van der Waals surface area (Å²) in [5.74, 6) is 0.202. The number of piperazine rings is 1. The van der Waals surface area contributed by atoms with E-state index in [0.717, 1.165) is 56.9 Å². The average Bonchev–Trinajstić information content (AvgIpc) is 3.11. The molecule has 1 N–H and O–H groups in total. The third-order valence-electron chi connectivity index (χ3n) is 5.75. The van der Waals surface area contributed by atoms with Crippen molar-refractivity contribution in [2.75, 3.05) is 50.8 Å². The minimum atomic E-state index is -0.453. The number of nitrogens with one attached hydrogen (secondary N) is 1. The van der Waals surface area contributed by atoms with Crippen molar-refractivity contribution in [3.63, 3.8) is 0 Å². The number of hydrogen-bond donors (Lipinski definition) is 1. The number of aromatic nitrogens is 1. The fourth-order valence-electron chi connectivity index (χ4n) is 4.25. The number of fused-ring (bicyclic) bond motifs is 2. The molecule has 1 atom stereocenters. The largest absolute Gasteiger partial charge is 0.378 e. The minimum absolute atomic E-state index is 0.257. The molecule has 3 aliphatic rings. The van der Waals surface area contributed by atoms with Gasteiger partial charge in [-0.15, -0.1) is 0 Å². The lowest BCUT2D eigenvalue weighted by molar-refractivity contribution is -0.120. The normalized spacial score (nSPS) is 24.4. The van der Waals surface area contributed by atoms with Crippen molar-refractivity contribution in [1.82, 2.24) is 20.3 Å². The lowest BCUT2D eigenvalue weighted by atomic mass is 10.1. The summed E-state index contributed by atoms with van der Waals surface area (Å²) in [5, 5.41) is 7.20. The SMILES string of the molecule is O=C1CCN(c2noc3ccc(CN4CCN5CCOC[C@@H]5C4)cc23)C(=O)N1. The van der Waals surface area contributed by atoms with Gasteiger partial charge in [0.05, 0.1) is 18.6 Å². The molecule has 0 radical (unpaired) electrons. The highest BCUT2D eigenvalue weighted by atomic mass is 16.5. The van der Waals surface area contributed by atoms with Crippen LogP contribution in [-0.4, -0.2) is 78.9 Å². The van der Waals surface area contributed by atoms with E-state index in [1.807, 2.05) is 18.2 Å². The van der Waals surface area contributed by atoms with Gasteiger partial charge in [-0.2, -0.15) is 0 Å². The Kier molecular flexibility index (Phi) is 4.50. The Bertz CT molecular complexity index is 913. The van der Waals surface area contributed by atoms with E-state index in [2.05, 4.69) is 20.3 Å². The van der Waals surface area contributed by atoms with Crippen molar-refractivity contribution in [1.29, 1.82) is 0 Å². The van der Waals surface area contributed by atoms with Crippen LogP contribution in [0.15, 0.2) is 22.7 Å². The molecule has 0 bridgehead atoms. The van der Waals surface area contributed by atoms with Gasteiger partial charge in [0.15, 0.2) is 11.4 Å². The minimum Gasteiger partial charge on any atom is -0.378 e. The molecule has 0 spiro atoms. The molecule has 2 aromatic rings. The van der Waals surface area contributed by atoms with E-state index in [1.54, 1.807) is 0 Å². The quantitative estimate of drug-likeness (QED) is 0.835. The van der Waals surface area contributed by atoms with Crippen LogP contribution in [0.5, 0.6) is 0 Å². The molecule has 0 aliphatic carbocycles. The maximum atomic E-state index is 12.2. The fraction of sp³-hybridized carbons (Fsp3) is 0.526. The summed E-state index contributed by atoms with van der Waals surface area (Å²) in [7, 11) is 0. The van der Waals surface area contributed by atoms with Crippen LogP contribution in [-0.2, 0) is 16.1 Å². The van der Waals surface area contributed by atoms with Gasteiger partial charge in [0.25, 0.3) is 0 Å². The smallest absolute Gasteiger partial charge is 0.329 e. The van der Waals surface area contributed by atoms with Gasteiger partial charge in [-0.1, -0.05) is 11.2 Å². The molecular weight excluding hydrogens is 362 g/mol. The topological polar surface area (TPSA) is 91.2 Å². The molecule has 9 heteroatoms. The summed E-state index contributed by atoms with van der Waals surface area (Å²) >= 11 is 0. The predicted octanol–water partition coefficient (Wildman–Crippen LogP) is 0.790. The molecule has 1 aromatic heterocycles. The molecule has 3 aliphatic heterocycles. The Labute approximate surface area is 162 Å². The van der Waals surface area contributed by atoms with Crippen molar-refractivity contribution in [2.45, 2.75) is 19.0 Å². The summed E-state index contributed by atoms with van der Waals surface area (Å²) in [6, 6.07) is 5.99. The van der Waals surface area contributed by atoms with Crippen LogP contribution >= 0.6 is 0 Å². The first-order valence-electron chi connectivity index (χ1n) is 9.71. The Balaban J connectivity index is 1.35. The maximum Gasteiger partial charge on any atom is 0.329 e. The number of benzene rings is 1. The Morgan fingerprint density at radius 3 is 3.00 bits per heavy atom. The number of imide groups is 1. The van der Waals surface area contributed by atoms with Gasteiger partial charge in [0.2, 0.25) is 5.91 Å². The van der Waals surface area contributed by atoms with Crippen LogP contribution in [0, 0.1) is 0 Å². The van der Waals surface area contributed by atoms with E-state index in [9.17, 15) is 9.59 Å². The molecule has 3 saturated heterocycles. The molecule has 3 fully saturated rings. The second kappa shape index (κ2) is 7.16. The molecule has 3 amide bonds. The number of carbonyl (C=O) groups excluding carboxylic acids is 2. The zero-order valence-corrected chi connectivity index (χ0v) is 15.6. The van der Waals surface area contributed by atoms with Crippen molar-refractivity contribution in [2.24, 2.45) is 0 Å². The monoisotopic (exact) mass is 385 g/mol. The van der Waals surface area contributed by atoms with E-state index in [-0.39, 0.29) is 12.3 Å². The molecule has 9 nitrogen and oxygen atoms in total. The zero-order valence-electron chi connectivity index (χ0n) is 15.6. The van der Waals surface area contributed by atoms with Gasteiger partial charge < -0.3 is 9.26 Å². The summed E-state index contributed by atoms with van der Waals surface area (Å²) < 4.78 is 11.0. The van der Waals surface area contributed by atoms with E-state index >= 15 is 0 Å².